The second-order valence-corrected chi connectivity index (χ2v) is 3.05. The highest BCUT2D eigenvalue weighted by atomic mass is 35.5. The highest BCUT2D eigenvalue weighted by molar-refractivity contribution is 6.29. The predicted octanol–water partition coefficient (Wildman–Crippen LogP) is 2.36. The molecule has 0 unspecified atom stereocenters. The molecule has 1 aromatic rings. The third-order valence-electron chi connectivity index (χ3n) is 1.56. The fraction of sp³-hybridized carbons (Fsp3) is 0.333. The summed E-state index contributed by atoms with van der Waals surface area (Å²) in [5.41, 5.74) is 0.833. The van der Waals surface area contributed by atoms with Crippen molar-refractivity contribution in [1.82, 2.24) is 4.98 Å². The van der Waals surface area contributed by atoms with Gasteiger partial charge in [-0.3, -0.25) is 4.79 Å². The van der Waals surface area contributed by atoms with Gasteiger partial charge in [0.2, 0.25) is 0 Å². The average molecular weight is 200 g/mol. The second kappa shape index (κ2) is 4.23. The van der Waals surface area contributed by atoms with Crippen molar-refractivity contribution in [3.8, 4) is 0 Å². The molecule has 0 aliphatic carbocycles. The van der Waals surface area contributed by atoms with Crippen molar-refractivity contribution in [1.29, 1.82) is 0 Å². The highest BCUT2D eigenvalue weighted by Gasteiger charge is 2.07. The van der Waals surface area contributed by atoms with Gasteiger partial charge in [-0.25, -0.2) is 4.98 Å². The summed E-state index contributed by atoms with van der Waals surface area (Å²) >= 11 is 5.60. The van der Waals surface area contributed by atoms with E-state index < -0.39 is 0 Å². The fourth-order valence-electron chi connectivity index (χ4n) is 0.945. The largest absolute Gasteiger partial charge is 0.458 e. The van der Waals surface area contributed by atoms with E-state index in [0.29, 0.717) is 5.15 Å². The average Bonchev–Trinajstić information content (AvgIpc) is 2.04. The van der Waals surface area contributed by atoms with Gasteiger partial charge in [0.1, 0.15) is 11.3 Å². The van der Waals surface area contributed by atoms with Crippen LogP contribution in [0.4, 0.5) is 0 Å². The van der Waals surface area contributed by atoms with Gasteiger partial charge < -0.3 is 4.74 Å². The summed E-state index contributed by atoms with van der Waals surface area (Å²) in [6.07, 6.45) is 1.32. The summed E-state index contributed by atoms with van der Waals surface area (Å²) in [5, 5.41) is 0.429. The monoisotopic (exact) mass is 199 g/mol. The number of carbonyl (C=O) groups excluding carboxylic acids is 1. The Balaban J connectivity index is 2.71. The number of halogens is 1. The minimum atomic E-state index is -0.303. The molecular formula is C9H10ClNO2. The van der Waals surface area contributed by atoms with E-state index in [-0.39, 0.29) is 12.1 Å². The van der Waals surface area contributed by atoms with Crippen molar-refractivity contribution in [2.75, 3.05) is 0 Å². The number of esters is 1. The number of aromatic nitrogens is 1. The first kappa shape index (κ1) is 9.99. The van der Waals surface area contributed by atoms with E-state index in [2.05, 4.69) is 4.98 Å². The number of carbonyl (C=O) groups is 1. The molecule has 3 nitrogen and oxygen atoms in total. The first-order valence-corrected chi connectivity index (χ1v) is 4.26. The maximum atomic E-state index is 10.6. The topological polar surface area (TPSA) is 39.2 Å². The number of nitrogens with zero attached hydrogens (tertiary/aromatic N) is 1. The first-order valence-electron chi connectivity index (χ1n) is 3.88. The van der Waals surface area contributed by atoms with Crippen LogP contribution >= 0.6 is 11.6 Å². The Morgan fingerprint density at radius 2 is 2.31 bits per heavy atom. The van der Waals surface area contributed by atoms with Gasteiger partial charge in [-0.15, -0.1) is 0 Å². The fourth-order valence-corrected chi connectivity index (χ4v) is 1.06. The zero-order valence-corrected chi connectivity index (χ0v) is 8.21. The molecule has 4 heteroatoms. The van der Waals surface area contributed by atoms with Crippen molar-refractivity contribution in [2.24, 2.45) is 0 Å². The van der Waals surface area contributed by atoms with E-state index in [0.717, 1.165) is 5.56 Å². The molecule has 0 spiro atoms. The van der Waals surface area contributed by atoms with Gasteiger partial charge in [0.25, 0.3) is 0 Å². The number of hydrogen-bond donors (Lipinski definition) is 0. The number of hydrogen-bond acceptors (Lipinski definition) is 3. The molecule has 0 aromatic carbocycles. The number of pyridine rings is 1. The molecule has 0 bridgehead atoms. The molecule has 0 aliphatic rings. The van der Waals surface area contributed by atoms with E-state index in [1.807, 2.05) is 0 Å². The molecule has 0 fully saturated rings. The van der Waals surface area contributed by atoms with E-state index in [1.54, 1.807) is 25.3 Å². The Morgan fingerprint density at radius 3 is 2.77 bits per heavy atom. The molecule has 1 atom stereocenters. The predicted molar refractivity (Wildman–Crippen MR) is 49.4 cm³/mol. The molecule has 1 aromatic heterocycles. The first-order chi connectivity index (χ1) is 6.09. The smallest absolute Gasteiger partial charge is 0.303 e. The van der Waals surface area contributed by atoms with Crippen LogP contribution in [0.15, 0.2) is 18.3 Å². The van der Waals surface area contributed by atoms with Gasteiger partial charge in [0.05, 0.1) is 0 Å². The molecule has 1 rings (SSSR count). The minimum absolute atomic E-state index is 0.276. The van der Waals surface area contributed by atoms with E-state index in [1.165, 1.54) is 6.92 Å². The van der Waals surface area contributed by atoms with Crippen molar-refractivity contribution in [3.05, 3.63) is 29.0 Å². The molecule has 0 saturated heterocycles. The zero-order valence-electron chi connectivity index (χ0n) is 7.45. The van der Waals surface area contributed by atoms with Crippen LogP contribution in [0.25, 0.3) is 0 Å². The number of rotatable bonds is 2. The summed E-state index contributed by atoms with van der Waals surface area (Å²) in [6.45, 7) is 3.16. The Kier molecular flexibility index (Phi) is 3.25. The van der Waals surface area contributed by atoms with E-state index in [9.17, 15) is 4.79 Å². The third kappa shape index (κ3) is 3.03. The molecule has 0 amide bonds. The minimum Gasteiger partial charge on any atom is -0.458 e. The summed E-state index contributed by atoms with van der Waals surface area (Å²) in [4.78, 5) is 14.5. The number of ether oxygens (including phenoxy) is 1. The molecular weight excluding hydrogens is 190 g/mol. The maximum Gasteiger partial charge on any atom is 0.303 e. The lowest BCUT2D eigenvalue weighted by atomic mass is 10.2. The third-order valence-corrected chi connectivity index (χ3v) is 1.79. The van der Waals surface area contributed by atoms with Crippen molar-refractivity contribution < 1.29 is 9.53 Å². The van der Waals surface area contributed by atoms with Crippen LogP contribution in [0.2, 0.25) is 5.15 Å². The molecule has 1 heterocycles. The lowest BCUT2D eigenvalue weighted by Gasteiger charge is -2.10. The molecule has 0 N–H and O–H groups in total. The van der Waals surface area contributed by atoms with Gasteiger partial charge in [-0.05, 0) is 13.0 Å². The van der Waals surface area contributed by atoms with Crippen LogP contribution in [-0.2, 0) is 9.53 Å². The van der Waals surface area contributed by atoms with Gasteiger partial charge in [-0.2, -0.15) is 0 Å². The Labute approximate surface area is 81.7 Å². The normalized spacial score (nSPS) is 12.2. The van der Waals surface area contributed by atoms with E-state index in [4.69, 9.17) is 16.3 Å². The lowest BCUT2D eigenvalue weighted by molar-refractivity contribution is -0.145. The van der Waals surface area contributed by atoms with Crippen molar-refractivity contribution in [2.45, 2.75) is 20.0 Å². The van der Waals surface area contributed by atoms with Crippen LogP contribution in [-0.4, -0.2) is 11.0 Å². The van der Waals surface area contributed by atoms with Gasteiger partial charge in [0.15, 0.2) is 0 Å². The van der Waals surface area contributed by atoms with Gasteiger partial charge >= 0.3 is 5.97 Å². The Hall–Kier alpha value is -1.09. The molecule has 70 valence electrons. The van der Waals surface area contributed by atoms with Gasteiger partial charge in [0, 0.05) is 18.7 Å². The van der Waals surface area contributed by atoms with Gasteiger partial charge in [-0.1, -0.05) is 17.7 Å². The molecule has 0 saturated carbocycles. The molecule has 0 aliphatic heterocycles. The van der Waals surface area contributed by atoms with Crippen LogP contribution in [0.1, 0.15) is 25.5 Å². The lowest BCUT2D eigenvalue weighted by Crippen LogP contribution is -2.04. The van der Waals surface area contributed by atoms with Crippen LogP contribution < -0.4 is 0 Å². The summed E-state index contributed by atoms with van der Waals surface area (Å²) in [6, 6.07) is 3.44. The van der Waals surface area contributed by atoms with Crippen LogP contribution in [0, 0.1) is 0 Å². The SMILES string of the molecule is CC(=O)O[C@@H](C)c1ccc(Cl)nc1. The molecule has 0 radical (unpaired) electrons. The Bertz CT molecular complexity index is 297. The summed E-state index contributed by atoms with van der Waals surface area (Å²) in [5.74, 6) is -0.303. The summed E-state index contributed by atoms with van der Waals surface area (Å²) in [7, 11) is 0. The Morgan fingerprint density at radius 1 is 1.62 bits per heavy atom. The van der Waals surface area contributed by atoms with Crippen molar-refractivity contribution in [3.63, 3.8) is 0 Å². The quantitative estimate of drug-likeness (QED) is 0.542. The standard InChI is InChI=1S/C9H10ClNO2/c1-6(13-7(2)12)8-3-4-9(10)11-5-8/h3-6H,1-2H3/t6-/m0/s1. The van der Waals surface area contributed by atoms with Crippen LogP contribution in [0.5, 0.6) is 0 Å². The van der Waals surface area contributed by atoms with Crippen LogP contribution in [0.3, 0.4) is 0 Å². The zero-order chi connectivity index (χ0) is 9.84. The van der Waals surface area contributed by atoms with E-state index >= 15 is 0 Å². The summed E-state index contributed by atoms with van der Waals surface area (Å²) < 4.78 is 4.95. The highest BCUT2D eigenvalue weighted by Crippen LogP contribution is 2.16. The second-order valence-electron chi connectivity index (χ2n) is 2.67. The van der Waals surface area contributed by atoms with Crippen molar-refractivity contribution >= 4 is 17.6 Å². The maximum absolute atomic E-state index is 10.6. The molecule has 13 heavy (non-hydrogen) atoms.